The second-order valence-electron chi connectivity index (χ2n) is 7.77. The highest BCUT2D eigenvalue weighted by Crippen LogP contribution is 2.18. The molecule has 0 saturated heterocycles. The van der Waals surface area contributed by atoms with Crippen molar-refractivity contribution in [3.63, 3.8) is 0 Å². The molecule has 2 aromatic heterocycles. The van der Waals surface area contributed by atoms with Gasteiger partial charge in [0.1, 0.15) is 11.3 Å². The number of oxazole rings is 1. The molecule has 0 aliphatic carbocycles. The van der Waals surface area contributed by atoms with Crippen LogP contribution in [0.1, 0.15) is 11.5 Å². The van der Waals surface area contributed by atoms with Gasteiger partial charge in [-0.1, -0.05) is 42.5 Å². The van der Waals surface area contributed by atoms with Gasteiger partial charge in [0.05, 0.1) is 19.6 Å². The SMILES string of the molecule is CN(CC(=O)N(C)c1c(N)n(Cc2ccccc2)c(=O)[nH]c1=O)Cc1nc2ccccc2o1. The van der Waals surface area contributed by atoms with Crippen molar-refractivity contribution in [1.29, 1.82) is 0 Å². The van der Waals surface area contributed by atoms with E-state index in [1.807, 2.05) is 54.6 Å². The maximum atomic E-state index is 12.9. The Morgan fingerprint density at radius 1 is 1.09 bits per heavy atom. The van der Waals surface area contributed by atoms with Crippen LogP contribution >= 0.6 is 0 Å². The molecule has 4 aromatic rings. The fraction of sp³-hybridized carbons (Fsp3) is 0.217. The lowest BCUT2D eigenvalue weighted by molar-refractivity contribution is -0.119. The number of nitrogen functional groups attached to an aromatic ring is 1. The smallest absolute Gasteiger partial charge is 0.330 e. The van der Waals surface area contributed by atoms with Crippen molar-refractivity contribution >= 4 is 28.5 Å². The number of likely N-dealkylation sites (N-methyl/N-ethyl adjacent to an activating group) is 2. The van der Waals surface area contributed by atoms with E-state index >= 15 is 0 Å². The lowest BCUT2D eigenvalue weighted by Crippen LogP contribution is -2.42. The number of nitrogens with two attached hydrogens (primary N) is 1. The summed E-state index contributed by atoms with van der Waals surface area (Å²) < 4.78 is 6.93. The number of fused-ring (bicyclic) bond motifs is 1. The molecule has 33 heavy (non-hydrogen) atoms. The van der Waals surface area contributed by atoms with Crippen LogP contribution in [0.5, 0.6) is 0 Å². The van der Waals surface area contributed by atoms with Gasteiger partial charge in [-0.3, -0.25) is 24.0 Å². The molecule has 10 heteroatoms. The molecule has 0 spiro atoms. The third-order valence-electron chi connectivity index (χ3n) is 5.26. The fourth-order valence-electron chi connectivity index (χ4n) is 3.56. The number of rotatable bonds is 7. The Hall–Kier alpha value is -4.18. The number of amides is 1. The Labute approximate surface area is 188 Å². The van der Waals surface area contributed by atoms with E-state index in [2.05, 4.69) is 9.97 Å². The second kappa shape index (κ2) is 9.13. The number of nitrogens with zero attached hydrogens (tertiary/aromatic N) is 4. The number of carbonyl (C=O) groups is 1. The number of hydrogen-bond donors (Lipinski definition) is 2. The van der Waals surface area contributed by atoms with Crippen LogP contribution in [0.2, 0.25) is 0 Å². The van der Waals surface area contributed by atoms with Gasteiger partial charge in [-0.05, 0) is 24.7 Å². The van der Waals surface area contributed by atoms with Gasteiger partial charge in [-0.15, -0.1) is 0 Å². The predicted octanol–water partition coefficient (Wildman–Crippen LogP) is 1.40. The Bertz CT molecular complexity index is 1370. The molecular weight excluding hydrogens is 424 g/mol. The lowest BCUT2D eigenvalue weighted by atomic mass is 10.2. The maximum absolute atomic E-state index is 12.9. The van der Waals surface area contributed by atoms with Crippen molar-refractivity contribution in [2.24, 2.45) is 0 Å². The van der Waals surface area contributed by atoms with Gasteiger partial charge in [0.15, 0.2) is 11.3 Å². The largest absolute Gasteiger partial charge is 0.439 e. The number of aromatic amines is 1. The van der Waals surface area contributed by atoms with Crippen molar-refractivity contribution in [2.75, 3.05) is 31.3 Å². The number of carbonyl (C=O) groups excluding carboxylic acids is 1. The first-order chi connectivity index (χ1) is 15.8. The number of para-hydroxylation sites is 2. The molecule has 0 unspecified atom stereocenters. The van der Waals surface area contributed by atoms with E-state index in [1.54, 1.807) is 11.9 Å². The van der Waals surface area contributed by atoms with Gasteiger partial charge >= 0.3 is 5.69 Å². The van der Waals surface area contributed by atoms with E-state index in [4.69, 9.17) is 10.2 Å². The predicted molar refractivity (Wildman–Crippen MR) is 125 cm³/mol. The van der Waals surface area contributed by atoms with Gasteiger partial charge in [0.2, 0.25) is 11.8 Å². The third-order valence-corrected chi connectivity index (χ3v) is 5.26. The van der Waals surface area contributed by atoms with Crippen molar-refractivity contribution < 1.29 is 9.21 Å². The average Bonchev–Trinajstić information content (AvgIpc) is 3.19. The highest BCUT2D eigenvalue weighted by atomic mass is 16.3. The molecular formula is C23H24N6O4. The Morgan fingerprint density at radius 2 is 1.79 bits per heavy atom. The van der Waals surface area contributed by atoms with Crippen LogP contribution in [0.15, 0.2) is 68.6 Å². The zero-order chi connectivity index (χ0) is 23.5. The second-order valence-corrected chi connectivity index (χ2v) is 7.77. The lowest BCUT2D eigenvalue weighted by Gasteiger charge is -2.23. The Balaban J connectivity index is 1.52. The number of hydrogen-bond acceptors (Lipinski definition) is 7. The zero-order valence-electron chi connectivity index (χ0n) is 18.3. The van der Waals surface area contributed by atoms with E-state index in [-0.39, 0.29) is 30.5 Å². The van der Waals surface area contributed by atoms with E-state index in [0.717, 1.165) is 16.0 Å². The van der Waals surface area contributed by atoms with Gasteiger partial charge in [-0.25, -0.2) is 9.78 Å². The van der Waals surface area contributed by atoms with Crippen LogP contribution in [-0.4, -0.2) is 46.0 Å². The molecule has 0 atom stereocenters. The molecule has 2 heterocycles. The summed E-state index contributed by atoms with van der Waals surface area (Å²) in [5.74, 6) is 0.0173. The minimum absolute atomic E-state index is 0.0219. The molecule has 0 radical (unpaired) electrons. The van der Waals surface area contributed by atoms with Crippen molar-refractivity contribution in [2.45, 2.75) is 13.1 Å². The van der Waals surface area contributed by atoms with Crippen LogP contribution in [0, 0.1) is 0 Å². The maximum Gasteiger partial charge on any atom is 0.330 e. The summed E-state index contributed by atoms with van der Waals surface area (Å²) >= 11 is 0. The summed E-state index contributed by atoms with van der Waals surface area (Å²) in [6.07, 6.45) is 0. The first-order valence-corrected chi connectivity index (χ1v) is 10.3. The number of nitrogens with one attached hydrogen (secondary N) is 1. The molecule has 3 N–H and O–H groups in total. The standard InChI is InChI=1S/C23H24N6O4/c1-27(13-18-25-16-10-6-7-11-17(16)33-18)14-19(30)28(2)20-21(24)29(23(32)26-22(20)31)12-15-8-4-3-5-9-15/h3-11H,12-14,24H2,1-2H3,(H,26,31,32). The van der Waals surface area contributed by atoms with Crippen molar-refractivity contribution in [3.8, 4) is 0 Å². The zero-order valence-corrected chi connectivity index (χ0v) is 18.3. The van der Waals surface area contributed by atoms with Crippen molar-refractivity contribution in [1.82, 2.24) is 19.4 Å². The molecule has 0 fully saturated rings. The molecule has 0 bridgehead atoms. The normalized spacial score (nSPS) is 11.2. The van der Waals surface area contributed by atoms with Gasteiger partial charge < -0.3 is 15.1 Å². The molecule has 0 saturated carbocycles. The summed E-state index contributed by atoms with van der Waals surface area (Å²) in [4.78, 5) is 47.3. The van der Waals surface area contributed by atoms with Crippen LogP contribution in [-0.2, 0) is 17.9 Å². The summed E-state index contributed by atoms with van der Waals surface area (Å²) in [6.45, 7) is 0.439. The van der Waals surface area contributed by atoms with E-state index < -0.39 is 11.2 Å². The summed E-state index contributed by atoms with van der Waals surface area (Å²) in [6, 6.07) is 16.6. The quantitative estimate of drug-likeness (QED) is 0.437. The number of aromatic nitrogens is 3. The highest BCUT2D eigenvalue weighted by Gasteiger charge is 2.22. The summed E-state index contributed by atoms with van der Waals surface area (Å²) in [7, 11) is 3.19. The fourth-order valence-corrected chi connectivity index (χ4v) is 3.56. The third kappa shape index (κ3) is 4.70. The summed E-state index contributed by atoms with van der Waals surface area (Å²) in [5, 5.41) is 0. The number of anilines is 2. The van der Waals surface area contributed by atoms with Crippen LogP contribution < -0.4 is 21.9 Å². The van der Waals surface area contributed by atoms with Gasteiger partial charge in [-0.2, -0.15) is 0 Å². The summed E-state index contributed by atoms with van der Waals surface area (Å²) in [5.41, 5.74) is 6.98. The van der Waals surface area contributed by atoms with E-state index in [9.17, 15) is 14.4 Å². The van der Waals surface area contributed by atoms with Gasteiger partial charge in [0.25, 0.3) is 5.56 Å². The molecule has 1 amide bonds. The molecule has 0 aliphatic rings. The number of H-pyrrole nitrogens is 1. The Kier molecular flexibility index (Phi) is 6.09. The van der Waals surface area contributed by atoms with E-state index in [1.165, 1.54) is 11.6 Å². The minimum Gasteiger partial charge on any atom is -0.439 e. The monoisotopic (exact) mass is 448 g/mol. The number of benzene rings is 2. The van der Waals surface area contributed by atoms with Gasteiger partial charge in [0, 0.05) is 7.05 Å². The van der Waals surface area contributed by atoms with Crippen LogP contribution in [0.4, 0.5) is 11.5 Å². The average molecular weight is 448 g/mol. The first kappa shape index (κ1) is 22.0. The van der Waals surface area contributed by atoms with E-state index in [0.29, 0.717) is 18.0 Å². The topological polar surface area (TPSA) is 130 Å². The molecule has 10 nitrogen and oxygen atoms in total. The van der Waals surface area contributed by atoms with Crippen LogP contribution in [0.25, 0.3) is 11.1 Å². The first-order valence-electron chi connectivity index (χ1n) is 10.3. The molecule has 2 aromatic carbocycles. The molecule has 170 valence electrons. The Morgan fingerprint density at radius 3 is 2.52 bits per heavy atom. The highest BCUT2D eigenvalue weighted by molar-refractivity contribution is 5.96. The van der Waals surface area contributed by atoms with Crippen LogP contribution in [0.3, 0.4) is 0 Å². The van der Waals surface area contributed by atoms with Crippen molar-refractivity contribution in [3.05, 3.63) is 86.9 Å². The molecule has 0 aliphatic heterocycles. The molecule has 4 rings (SSSR count). The minimum atomic E-state index is -0.723.